The molecule has 5 nitrogen and oxygen atoms in total. The van der Waals surface area contributed by atoms with Crippen molar-refractivity contribution in [3.63, 3.8) is 0 Å². The number of aliphatic hydroxyl groups is 1. The number of halogens is 2. The summed E-state index contributed by atoms with van der Waals surface area (Å²) in [6, 6.07) is 10.8. The van der Waals surface area contributed by atoms with E-state index in [-0.39, 0.29) is 18.1 Å². The molecule has 1 amide bonds. The van der Waals surface area contributed by atoms with Crippen molar-refractivity contribution in [2.24, 2.45) is 0 Å². The van der Waals surface area contributed by atoms with Gasteiger partial charge in [0.05, 0.1) is 17.1 Å². The quantitative estimate of drug-likeness (QED) is 0.584. The highest BCUT2D eigenvalue weighted by molar-refractivity contribution is 6.36. The molecule has 0 spiro atoms. The summed E-state index contributed by atoms with van der Waals surface area (Å²) in [4.78, 5) is 20.4. The first kappa shape index (κ1) is 19.2. The maximum atomic E-state index is 12.6. The minimum absolute atomic E-state index is 0.0200. The Balaban J connectivity index is 1.52. The Bertz CT molecular complexity index is 998. The van der Waals surface area contributed by atoms with Crippen LogP contribution in [0.1, 0.15) is 47.4 Å². The number of aromatic amines is 1. The van der Waals surface area contributed by atoms with Crippen LogP contribution >= 0.6 is 23.2 Å². The number of amides is 1. The van der Waals surface area contributed by atoms with Gasteiger partial charge in [0.1, 0.15) is 5.82 Å². The third-order valence-electron chi connectivity index (χ3n) is 5.18. The molecule has 1 heterocycles. The standard InChI is InChI=1S/C21H21Cl2N3O2/c22-16-5-2-6-17(23)15(16)11-20-25-18-8-7-12(9-19(18)26-20)21(28)24-13-3-1-4-14(27)10-13/h2,5-9,13-14,27H,1,3-4,10-11H2,(H,24,28)(H,25,26). The number of hydrogen-bond acceptors (Lipinski definition) is 3. The molecule has 1 fully saturated rings. The zero-order chi connectivity index (χ0) is 19.7. The number of hydrogen-bond donors (Lipinski definition) is 3. The summed E-state index contributed by atoms with van der Waals surface area (Å²) >= 11 is 12.5. The molecule has 28 heavy (non-hydrogen) atoms. The molecule has 2 unspecified atom stereocenters. The fourth-order valence-corrected chi connectivity index (χ4v) is 4.25. The maximum absolute atomic E-state index is 12.6. The van der Waals surface area contributed by atoms with Crippen molar-refractivity contribution in [2.75, 3.05) is 0 Å². The lowest BCUT2D eigenvalue weighted by molar-refractivity contribution is 0.0850. The van der Waals surface area contributed by atoms with Gasteiger partial charge in [0.25, 0.3) is 5.91 Å². The van der Waals surface area contributed by atoms with E-state index in [9.17, 15) is 9.90 Å². The number of aliphatic hydroxyl groups excluding tert-OH is 1. The molecule has 3 N–H and O–H groups in total. The van der Waals surface area contributed by atoms with Gasteiger partial charge >= 0.3 is 0 Å². The van der Waals surface area contributed by atoms with Gasteiger partial charge in [0.15, 0.2) is 0 Å². The smallest absolute Gasteiger partial charge is 0.251 e. The van der Waals surface area contributed by atoms with E-state index in [0.29, 0.717) is 28.5 Å². The van der Waals surface area contributed by atoms with Gasteiger partial charge in [-0.05, 0) is 61.6 Å². The van der Waals surface area contributed by atoms with Crippen LogP contribution in [0, 0.1) is 0 Å². The Morgan fingerprint density at radius 2 is 2.00 bits per heavy atom. The van der Waals surface area contributed by atoms with Crippen molar-refractivity contribution in [1.29, 1.82) is 0 Å². The first-order valence-corrected chi connectivity index (χ1v) is 10.2. The predicted molar refractivity (Wildman–Crippen MR) is 111 cm³/mol. The van der Waals surface area contributed by atoms with Crippen molar-refractivity contribution >= 4 is 40.1 Å². The summed E-state index contributed by atoms with van der Waals surface area (Å²) in [6.07, 6.45) is 3.41. The molecule has 0 radical (unpaired) electrons. The maximum Gasteiger partial charge on any atom is 0.251 e. The highest BCUT2D eigenvalue weighted by atomic mass is 35.5. The lowest BCUT2D eigenvalue weighted by Crippen LogP contribution is -2.39. The number of fused-ring (bicyclic) bond motifs is 1. The van der Waals surface area contributed by atoms with Gasteiger partial charge < -0.3 is 15.4 Å². The number of imidazole rings is 1. The van der Waals surface area contributed by atoms with Crippen molar-refractivity contribution in [3.8, 4) is 0 Å². The number of aromatic nitrogens is 2. The van der Waals surface area contributed by atoms with Gasteiger partial charge in [0, 0.05) is 28.1 Å². The van der Waals surface area contributed by atoms with E-state index in [1.165, 1.54) is 0 Å². The van der Waals surface area contributed by atoms with Crippen LogP contribution < -0.4 is 5.32 Å². The van der Waals surface area contributed by atoms with E-state index in [0.717, 1.165) is 41.7 Å². The molecule has 0 aliphatic heterocycles. The number of rotatable bonds is 4. The second-order valence-electron chi connectivity index (χ2n) is 7.28. The number of nitrogens with one attached hydrogen (secondary N) is 2. The molecule has 1 aliphatic rings. The Hall–Kier alpha value is -2.08. The van der Waals surface area contributed by atoms with Gasteiger partial charge in [-0.2, -0.15) is 0 Å². The Kier molecular flexibility index (Phi) is 5.58. The van der Waals surface area contributed by atoms with Crippen LogP contribution in [0.15, 0.2) is 36.4 Å². The lowest BCUT2D eigenvalue weighted by Gasteiger charge is -2.26. The van der Waals surface area contributed by atoms with Crippen LogP contribution in [0.4, 0.5) is 0 Å². The van der Waals surface area contributed by atoms with Gasteiger partial charge in [-0.1, -0.05) is 29.3 Å². The van der Waals surface area contributed by atoms with Crippen LogP contribution in [0.2, 0.25) is 10.0 Å². The third-order valence-corrected chi connectivity index (χ3v) is 5.89. The minimum atomic E-state index is -0.326. The average molecular weight is 418 g/mol. The zero-order valence-electron chi connectivity index (χ0n) is 15.2. The summed E-state index contributed by atoms with van der Waals surface area (Å²) in [5, 5.41) is 14.0. The summed E-state index contributed by atoms with van der Waals surface area (Å²) < 4.78 is 0. The van der Waals surface area contributed by atoms with E-state index in [1.807, 2.05) is 12.1 Å². The van der Waals surface area contributed by atoms with Crippen LogP contribution in [-0.4, -0.2) is 33.1 Å². The zero-order valence-corrected chi connectivity index (χ0v) is 16.7. The van der Waals surface area contributed by atoms with Crippen LogP contribution in [0.25, 0.3) is 11.0 Å². The largest absolute Gasteiger partial charge is 0.393 e. The molecule has 1 saturated carbocycles. The van der Waals surface area contributed by atoms with Crippen LogP contribution in [0.5, 0.6) is 0 Å². The molecule has 0 bridgehead atoms. The Morgan fingerprint density at radius 3 is 2.75 bits per heavy atom. The van der Waals surface area contributed by atoms with Gasteiger partial charge in [0.2, 0.25) is 0 Å². The van der Waals surface area contributed by atoms with Crippen molar-refractivity contribution < 1.29 is 9.90 Å². The van der Waals surface area contributed by atoms with Crippen LogP contribution in [-0.2, 0) is 6.42 Å². The molecular weight excluding hydrogens is 397 g/mol. The normalized spacial score (nSPS) is 19.7. The predicted octanol–water partition coefficient (Wildman–Crippen LogP) is 4.49. The summed E-state index contributed by atoms with van der Waals surface area (Å²) in [5.74, 6) is 0.601. The number of H-pyrrole nitrogens is 1. The molecule has 7 heteroatoms. The second kappa shape index (κ2) is 8.11. The average Bonchev–Trinajstić information content (AvgIpc) is 3.06. The Labute approximate surface area is 173 Å². The SMILES string of the molecule is O=C(NC1CCCC(O)C1)c1ccc2nc(Cc3c(Cl)cccc3Cl)[nH]c2c1. The summed E-state index contributed by atoms with van der Waals surface area (Å²) in [6.45, 7) is 0. The molecule has 2 aromatic carbocycles. The van der Waals surface area contributed by atoms with Crippen molar-refractivity contribution in [2.45, 2.75) is 44.2 Å². The molecule has 2 atom stereocenters. The number of nitrogens with zero attached hydrogens (tertiary/aromatic N) is 1. The molecular formula is C21H21Cl2N3O2. The fraction of sp³-hybridized carbons (Fsp3) is 0.333. The van der Waals surface area contributed by atoms with Crippen molar-refractivity contribution in [1.82, 2.24) is 15.3 Å². The highest BCUT2D eigenvalue weighted by Crippen LogP contribution is 2.27. The number of benzene rings is 2. The van der Waals surface area contributed by atoms with Crippen LogP contribution in [0.3, 0.4) is 0 Å². The molecule has 146 valence electrons. The summed E-state index contributed by atoms with van der Waals surface area (Å²) in [5.41, 5.74) is 2.95. The topological polar surface area (TPSA) is 78.0 Å². The van der Waals surface area contributed by atoms with E-state index < -0.39 is 0 Å². The number of carbonyl (C=O) groups is 1. The summed E-state index contributed by atoms with van der Waals surface area (Å²) in [7, 11) is 0. The highest BCUT2D eigenvalue weighted by Gasteiger charge is 2.22. The Morgan fingerprint density at radius 1 is 1.21 bits per heavy atom. The first-order chi connectivity index (χ1) is 13.5. The third kappa shape index (κ3) is 4.17. The van der Waals surface area contributed by atoms with Gasteiger partial charge in [-0.15, -0.1) is 0 Å². The molecule has 1 aromatic heterocycles. The molecule has 3 aromatic rings. The first-order valence-electron chi connectivity index (χ1n) is 9.40. The van der Waals surface area contributed by atoms with E-state index in [2.05, 4.69) is 15.3 Å². The minimum Gasteiger partial charge on any atom is -0.393 e. The lowest BCUT2D eigenvalue weighted by atomic mass is 9.93. The van der Waals surface area contributed by atoms with Crippen molar-refractivity contribution in [3.05, 3.63) is 63.4 Å². The fourth-order valence-electron chi connectivity index (χ4n) is 3.72. The monoisotopic (exact) mass is 417 g/mol. The second-order valence-corrected chi connectivity index (χ2v) is 8.10. The van der Waals surface area contributed by atoms with E-state index in [4.69, 9.17) is 23.2 Å². The number of carbonyl (C=O) groups excluding carboxylic acids is 1. The van der Waals surface area contributed by atoms with Gasteiger partial charge in [-0.3, -0.25) is 4.79 Å². The van der Waals surface area contributed by atoms with E-state index >= 15 is 0 Å². The van der Waals surface area contributed by atoms with E-state index in [1.54, 1.807) is 24.3 Å². The molecule has 4 rings (SSSR count). The molecule has 0 saturated heterocycles. The van der Waals surface area contributed by atoms with Gasteiger partial charge in [-0.25, -0.2) is 4.98 Å². The molecule has 1 aliphatic carbocycles.